The minimum absolute atomic E-state index is 0.407. The van der Waals surface area contributed by atoms with Crippen molar-refractivity contribution < 1.29 is 8.42 Å². The fourth-order valence-electron chi connectivity index (χ4n) is 1.40. The Labute approximate surface area is 119 Å². The summed E-state index contributed by atoms with van der Waals surface area (Å²) in [5.74, 6) is 0. The average Bonchev–Trinajstić information content (AvgIpc) is 2.68. The molecule has 1 rings (SSSR count). The van der Waals surface area contributed by atoms with E-state index in [1.807, 2.05) is 6.92 Å². The van der Waals surface area contributed by atoms with E-state index in [4.69, 9.17) is 0 Å². The number of anilines is 1. The van der Waals surface area contributed by atoms with Gasteiger partial charge in [0.25, 0.3) is 0 Å². The summed E-state index contributed by atoms with van der Waals surface area (Å²) in [6, 6.07) is 0.415. The van der Waals surface area contributed by atoms with Gasteiger partial charge in [-0.25, -0.2) is 9.71 Å². The maximum absolute atomic E-state index is 12.0. The molecule has 0 unspecified atom stereocenters. The van der Waals surface area contributed by atoms with Gasteiger partial charge >= 0.3 is 10.2 Å². The van der Waals surface area contributed by atoms with Crippen molar-refractivity contribution in [1.82, 2.24) is 14.6 Å². The molecule has 0 aliphatic rings. The summed E-state index contributed by atoms with van der Waals surface area (Å²) < 4.78 is 27.8. The minimum atomic E-state index is -3.50. The Kier molecular flexibility index (Phi) is 6.18. The Bertz CT molecular complexity index is 485. The van der Waals surface area contributed by atoms with Crippen LogP contribution < -0.4 is 10.0 Å². The largest absolute Gasteiger partial charge is 0.314 e. The number of nitrogens with zero attached hydrogens (tertiary/aromatic N) is 2. The van der Waals surface area contributed by atoms with E-state index >= 15 is 0 Å². The molecule has 19 heavy (non-hydrogen) atoms. The molecule has 0 spiro atoms. The maximum atomic E-state index is 12.0. The third-order valence-corrected chi connectivity index (χ3v) is 4.86. The predicted molar refractivity (Wildman–Crippen MR) is 79.8 cm³/mol. The van der Waals surface area contributed by atoms with Crippen LogP contribution in [0.15, 0.2) is 6.20 Å². The molecule has 8 heteroatoms. The van der Waals surface area contributed by atoms with Gasteiger partial charge in [-0.3, -0.25) is 0 Å². The molecule has 0 atom stereocenters. The molecule has 0 aliphatic carbocycles. The number of nitrogens with one attached hydrogen (secondary N) is 2. The molecule has 0 amide bonds. The summed E-state index contributed by atoms with van der Waals surface area (Å²) in [4.78, 5) is 4.97. The fourth-order valence-corrected chi connectivity index (χ4v) is 3.20. The molecule has 0 aliphatic heterocycles. The van der Waals surface area contributed by atoms with Gasteiger partial charge in [-0.05, 0) is 19.9 Å². The summed E-state index contributed by atoms with van der Waals surface area (Å²) in [5, 5.41) is 3.66. The summed E-state index contributed by atoms with van der Waals surface area (Å²) >= 11 is 1.32. The molecular formula is C11H22N4O2S2. The molecule has 6 nitrogen and oxygen atoms in total. The van der Waals surface area contributed by atoms with Crippen molar-refractivity contribution in [2.24, 2.45) is 0 Å². The van der Waals surface area contributed by atoms with Gasteiger partial charge in [0.15, 0.2) is 5.13 Å². The van der Waals surface area contributed by atoms with Crippen LogP contribution in [0.25, 0.3) is 0 Å². The van der Waals surface area contributed by atoms with Crippen LogP contribution in [0, 0.1) is 6.92 Å². The van der Waals surface area contributed by atoms with Crippen LogP contribution in [0.1, 0.15) is 25.1 Å². The van der Waals surface area contributed by atoms with E-state index in [2.05, 4.69) is 28.9 Å². The van der Waals surface area contributed by atoms with Gasteiger partial charge in [0, 0.05) is 30.7 Å². The van der Waals surface area contributed by atoms with Crippen LogP contribution in [0.2, 0.25) is 0 Å². The summed E-state index contributed by atoms with van der Waals surface area (Å²) in [7, 11) is -1.93. The predicted octanol–water partition coefficient (Wildman–Crippen LogP) is 1.43. The van der Waals surface area contributed by atoms with Crippen LogP contribution in [0.3, 0.4) is 0 Å². The smallest absolute Gasteiger partial charge is 0.303 e. The van der Waals surface area contributed by atoms with E-state index in [0.29, 0.717) is 17.7 Å². The van der Waals surface area contributed by atoms with Gasteiger partial charge in [0.05, 0.1) is 0 Å². The van der Waals surface area contributed by atoms with E-state index in [1.165, 1.54) is 15.6 Å². The lowest BCUT2D eigenvalue weighted by atomic mass is 10.3. The number of aryl methyl sites for hydroxylation is 1. The van der Waals surface area contributed by atoms with Crippen molar-refractivity contribution in [3.8, 4) is 0 Å². The number of thiazole rings is 1. The SMILES string of the molecule is Cc1cnc(NS(=O)(=O)N(C)CCCNC(C)C)s1. The standard InChI is InChI=1S/C11H22N4O2S2/c1-9(2)12-6-5-7-15(4)19(16,17)14-11-13-8-10(3)18-11/h8-9,12H,5-7H2,1-4H3,(H,13,14). The molecule has 0 saturated heterocycles. The van der Waals surface area contributed by atoms with E-state index < -0.39 is 10.2 Å². The summed E-state index contributed by atoms with van der Waals surface area (Å²) in [6.45, 7) is 7.28. The zero-order chi connectivity index (χ0) is 14.5. The molecule has 0 aromatic carbocycles. The van der Waals surface area contributed by atoms with Crippen LogP contribution in [0.5, 0.6) is 0 Å². The van der Waals surface area contributed by atoms with Crippen molar-refractivity contribution >= 4 is 26.7 Å². The summed E-state index contributed by atoms with van der Waals surface area (Å²) in [5.41, 5.74) is 0. The molecule has 1 aromatic rings. The Morgan fingerprint density at radius 2 is 2.16 bits per heavy atom. The Morgan fingerprint density at radius 3 is 2.68 bits per heavy atom. The highest BCUT2D eigenvalue weighted by Gasteiger charge is 2.18. The number of hydrogen-bond donors (Lipinski definition) is 2. The molecule has 1 aromatic heterocycles. The van der Waals surface area contributed by atoms with Crippen LogP contribution >= 0.6 is 11.3 Å². The monoisotopic (exact) mass is 306 g/mol. The fraction of sp³-hybridized carbons (Fsp3) is 0.727. The maximum Gasteiger partial charge on any atom is 0.303 e. The Morgan fingerprint density at radius 1 is 1.47 bits per heavy atom. The second-order valence-electron chi connectivity index (χ2n) is 4.67. The molecule has 0 radical (unpaired) electrons. The Hall–Kier alpha value is -0.700. The van der Waals surface area contributed by atoms with Crippen LogP contribution in [0.4, 0.5) is 5.13 Å². The number of rotatable bonds is 8. The highest BCUT2D eigenvalue weighted by molar-refractivity contribution is 7.90. The zero-order valence-corrected chi connectivity index (χ0v) is 13.4. The number of hydrogen-bond acceptors (Lipinski definition) is 5. The average molecular weight is 306 g/mol. The molecule has 2 N–H and O–H groups in total. The normalized spacial score (nSPS) is 12.3. The van der Waals surface area contributed by atoms with Crippen molar-refractivity contribution in [1.29, 1.82) is 0 Å². The molecule has 1 heterocycles. The zero-order valence-electron chi connectivity index (χ0n) is 11.8. The molecule has 0 bridgehead atoms. The topological polar surface area (TPSA) is 74.3 Å². The quantitative estimate of drug-likeness (QED) is 0.713. The van der Waals surface area contributed by atoms with E-state index in [0.717, 1.165) is 17.8 Å². The first-order valence-corrected chi connectivity index (χ1v) is 8.47. The second kappa shape index (κ2) is 7.18. The third kappa shape index (κ3) is 5.85. The highest BCUT2D eigenvalue weighted by atomic mass is 32.2. The van der Waals surface area contributed by atoms with Gasteiger partial charge in [-0.15, -0.1) is 11.3 Å². The van der Waals surface area contributed by atoms with Crippen molar-refractivity contribution in [2.45, 2.75) is 33.2 Å². The summed E-state index contributed by atoms with van der Waals surface area (Å²) in [6.07, 6.45) is 2.42. The van der Waals surface area contributed by atoms with Gasteiger partial charge in [-0.2, -0.15) is 12.7 Å². The lowest BCUT2D eigenvalue weighted by Gasteiger charge is -2.17. The van der Waals surface area contributed by atoms with E-state index in [9.17, 15) is 8.42 Å². The van der Waals surface area contributed by atoms with Gasteiger partial charge < -0.3 is 5.32 Å². The first-order valence-electron chi connectivity index (χ1n) is 6.21. The van der Waals surface area contributed by atoms with Crippen molar-refractivity contribution in [3.05, 3.63) is 11.1 Å². The Balaban J connectivity index is 2.43. The van der Waals surface area contributed by atoms with Gasteiger partial charge in [0.2, 0.25) is 0 Å². The van der Waals surface area contributed by atoms with Gasteiger partial charge in [0.1, 0.15) is 0 Å². The van der Waals surface area contributed by atoms with Crippen LogP contribution in [-0.2, 0) is 10.2 Å². The first-order chi connectivity index (χ1) is 8.81. The lowest BCUT2D eigenvalue weighted by molar-refractivity contribution is 0.451. The van der Waals surface area contributed by atoms with E-state index in [-0.39, 0.29) is 0 Å². The molecule has 0 fully saturated rings. The molecule has 110 valence electrons. The number of aromatic nitrogens is 1. The minimum Gasteiger partial charge on any atom is -0.314 e. The first kappa shape index (κ1) is 16.4. The highest BCUT2D eigenvalue weighted by Crippen LogP contribution is 2.18. The molecule has 0 saturated carbocycles. The van der Waals surface area contributed by atoms with Crippen molar-refractivity contribution in [3.63, 3.8) is 0 Å². The van der Waals surface area contributed by atoms with Gasteiger partial charge in [-0.1, -0.05) is 13.8 Å². The lowest BCUT2D eigenvalue weighted by Crippen LogP contribution is -2.35. The van der Waals surface area contributed by atoms with E-state index in [1.54, 1.807) is 13.2 Å². The second-order valence-corrected chi connectivity index (χ2v) is 7.68. The van der Waals surface area contributed by atoms with Crippen molar-refractivity contribution in [2.75, 3.05) is 24.9 Å². The molecular weight excluding hydrogens is 284 g/mol. The van der Waals surface area contributed by atoms with Crippen LogP contribution in [-0.4, -0.2) is 43.9 Å². The third-order valence-electron chi connectivity index (χ3n) is 2.45.